The number of halogens is 1. The Morgan fingerprint density at radius 1 is 1.24 bits per heavy atom. The summed E-state index contributed by atoms with van der Waals surface area (Å²) in [6.45, 7) is 0. The van der Waals surface area contributed by atoms with Crippen LogP contribution in [0.2, 0.25) is 5.02 Å². The van der Waals surface area contributed by atoms with Gasteiger partial charge in [-0.3, -0.25) is 4.98 Å². The molecule has 0 amide bonds. The third-order valence-corrected chi connectivity index (χ3v) is 2.29. The normalized spacial score (nSPS) is 9.94. The molecule has 0 fully saturated rings. The summed E-state index contributed by atoms with van der Waals surface area (Å²) in [5.74, 6) is -0.355. The zero-order valence-corrected chi connectivity index (χ0v) is 9.39. The van der Waals surface area contributed by atoms with Crippen LogP contribution >= 0.6 is 11.6 Å². The molecular formula is C12H8ClNO3. The van der Waals surface area contributed by atoms with Crippen LogP contribution < -0.4 is 4.74 Å². The first-order valence-electron chi connectivity index (χ1n) is 4.77. The monoisotopic (exact) mass is 249 g/mol. The number of hydrogen-bond donors (Lipinski definition) is 1. The van der Waals surface area contributed by atoms with Gasteiger partial charge >= 0.3 is 5.97 Å². The van der Waals surface area contributed by atoms with Crippen molar-refractivity contribution >= 4 is 17.6 Å². The average molecular weight is 250 g/mol. The van der Waals surface area contributed by atoms with Gasteiger partial charge in [0, 0.05) is 23.5 Å². The SMILES string of the molecule is O=C(O)c1ccc(Cl)cc1Oc1ccncc1. The summed E-state index contributed by atoms with van der Waals surface area (Å²) in [4.78, 5) is 14.8. The summed E-state index contributed by atoms with van der Waals surface area (Å²) in [5, 5.41) is 9.41. The number of benzene rings is 1. The smallest absolute Gasteiger partial charge is 0.339 e. The van der Waals surface area contributed by atoms with E-state index in [1.807, 2.05) is 0 Å². The van der Waals surface area contributed by atoms with Crippen molar-refractivity contribution in [3.63, 3.8) is 0 Å². The highest BCUT2D eigenvalue weighted by Gasteiger charge is 2.12. The minimum absolute atomic E-state index is 0.0613. The van der Waals surface area contributed by atoms with Crippen molar-refractivity contribution in [1.82, 2.24) is 4.98 Å². The van der Waals surface area contributed by atoms with Crippen molar-refractivity contribution in [1.29, 1.82) is 0 Å². The number of ether oxygens (including phenoxy) is 1. The summed E-state index contributed by atoms with van der Waals surface area (Å²) in [6.07, 6.45) is 3.11. The summed E-state index contributed by atoms with van der Waals surface area (Å²) < 4.78 is 5.45. The summed E-state index contributed by atoms with van der Waals surface area (Å²) in [7, 11) is 0. The number of rotatable bonds is 3. The summed E-state index contributed by atoms with van der Waals surface area (Å²) in [5.41, 5.74) is 0.0613. The minimum atomic E-state index is -1.06. The molecule has 4 nitrogen and oxygen atoms in total. The number of carboxylic acid groups (broad SMARTS) is 1. The molecule has 17 heavy (non-hydrogen) atoms. The van der Waals surface area contributed by atoms with E-state index in [2.05, 4.69) is 4.98 Å². The standard InChI is InChI=1S/C12H8ClNO3/c13-8-1-2-10(12(15)16)11(7-8)17-9-3-5-14-6-4-9/h1-7H,(H,15,16). The lowest BCUT2D eigenvalue weighted by molar-refractivity contribution is 0.0694. The summed E-state index contributed by atoms with van der Waals surface area (Å²) >= 11 is 5.80. The van der Waals surface area contributed by atoms with Crippen molar-refractivity contribution < 1.29 is 14.6 Å². The second kappa shape index (κ2) is 4.84. The molecule has 1 N–H and O–H groups in total. The van der Waals surface area contributed by atoms with Gasteiger partial charge in [-0.25, -0.2) is 4.79 Å². The van der Waals surface area contributed by atoms with Crippen LogP contribution in [0.4, 0.5) is 0 Å². The van der Waals surface area contributed by atoms with Crippen LogP contribution in [0.3, 0.4) is 0 Å². The van der Waals surface area contributed by atoms with E-state index in [0.717, 1.165) is 0 Å². The molecule has 0 bridgehead atoms. The lowest BCUT2D eigenvalue weighted by atomic mass is 10.2. The van der Waals surface area contributed by atoms with E-state index >= 15 is 0 Å². The number of carbonyl (C=O) groups is 1. The Bertz CT molecular complexity index is 543. The van der Waals surface area contributed by atoms with Crippen LogP contribution in [0.15, 0.2) is 42.7 Å². The fraction of sp³-hybridized carbons (Fsp3) is 0. The molecule has 0 atom stereocenters. The number of hydrogen-bond acceptors (Lipinski definition) is 3. The van der Waals surface area contributed by atoms with Gasteiger partial charge in [0.1, 0.15) is 17.1 Å². The van der Waals surface area contributed by atoms with Gasteiger partial charge in [0.15, 0.2) is 0 Å². The molecule has 5 heteroatoms. The molecule has 86 valence electrons. The third-order valence-electron chi connectivity index (χ3n) is 2.05. The van der Waals surface area contributed by atoms with Gasteiger partial charge < -0.3 is 9.84 Å². The van der Waals surface area contributed by atoms with Crippen LogP contribution in [0.25, 0.3) is 0 Å². The van der Waals surface area contributed by atoms with E-state index in [9.17, 15) is 4.79 Å². The van der Waals surface area contributed by atoms with E-state index in [-0.39, 0.29) is 11.3 Å². The third kappa shape index (κ3) is 2.73. The number of pyridine rings is 1. The predicted octanol–water partition coefficient (Wildman–Crippen LogP) is 3.23. The fourth-order valence-electron chi connectivity index (χ4n) is 1.29. The molecule has 0 aliphatic carbocycles. The van der Waals surface area contributed by atoms with Gasteiger partial charge in [0.2, 0.25) is 0 Å². The molecule has 0 saturated carbocycles. The van der Waals surface area contributed by atoms with Gasteiger partial charge in [-0.2, -0.15) is 0 Å². The molecule has 1 heterocycles. The van der Waals surface area contributed by atoms with Gasteiger partial charge in [-0.1, -0.05) is 11.6 Å². The first kappa shape index (κ1) is 11.4. The van der Waals surface area contributed by atoms with Gasteiger partial charge in [-0.15, -0.1) is 0 Å². The van der Waals surface area contributed by atoms with Crippen LogP contribution in [-0.2, 0) is 0 Å². The van der Waals surface area contributed by atoms with E-state index in [0.29, 0.717) is 10.8 Å². The Morgan fingerprint density at radius 2 is 1.94 bits per heavy atom. The first-order chi connectivity index (χ1) is 8.16. The lowest BCUT2D eigenvalue weighted by Gasteiger charge is -2.08. The Hall–Kier alpha value is -2.07. The van der Waals surface area contributed by atoms with Crippen LogP contribution in [0.1, 0.15) is 10.4 Å². The second-order valence-corrected chi connectivity index (χ2v) is 3.67. The van der Waals surface area contributed by atoms with Crippen molar-refractivity contribution in [2.75, 3.05) is 0 Å². The molecular weight excluding hydrogens is 242 g/mol. The quantitative estimate of drug-likeness (QED) is 0.907. The Kier molecular flexibility index (Phi) is 3.25. The molecule has 0 radical (unpaired) electrons. The zero-order chi connectivity index (χ0) is 12.3. The highest BCUT2D eigenvalue weighted by atomic mass is 35.5. The fourth-order valence-corrected chi connectivity index (χ4v) is 1.45. The molecule has 0 aliphatic rings. The zero-order valence-electron chi connectivity index (χ0n) is 8.63. The average Bonchev–Trinajstić information content (AvgIpc) is 2.30. The van der Waals surface area contributed by atoms with E-state index < -0.39 is 5.97 Å². The van der Waals surface area contributed by atoms with Crippen LogP contribution in [-0.4, -0.2) is 16.1 Å². The molecule has 2 aromatic rings. The van der Waals surface area contributed by atoms with Crippen molar-refractivity contribution in [3.05, 3.63) is 53.3 Å². The molecule has 0 unspecified atom stereocenters. The topological polar surface area (TPSA) is 59.4 Å². The van der Waals surface area contributed by atoms with Gasteiger partial charge in [0.25, 0.3) is 0 Å². The first-order valence-corrected chi connectivity index (χ1v) is 5.15. The van der Waals surface area contributed by atoms with E-state index in [1.54, 1.807) is 24.5 Å². The molecule has 1 aromatic carbocycles. The number of aromatic nitrogens is 1. The maximum Gasteiger partial charge on any atom is 0.339 e. The van der Waals surface area contributed by atoms with Crippen LogP contribution in [0, 0.1) is 0 Å². The van der Waals surface area contributed by atoms with E-state index in [1.165, 1.54) is 18.2 Å². The number of aromatic carboxylic acids is 1. The van der Waals surface area contributed by atoms with Crippen LogP contribution in [0.5, 0.6) is 11.5 Å². The van der Waals surface area contributed by atoms with E-state index in [4.69, 9.17) is 21.4 Å². The molecule has 0 saturated heterocycles. The number of carboxylic acids is 1. The Labute approximate surface area is 102 Å². The molecule has 0 aliphatic heterocycles. The van der Waals surface area contributed by atoms with Gasteiger partial charge in [-0.05, 0) is 24.3 Å². The predicted molar refractivity (Wildman–Crippen MR) is 62.7 cm³/mol. The summed E-state index contributed by atoms with van der Waals surface area (Å²) in [6, 6.07) is 7.64. The molecule has 1 aromatic heterocycles. The van der Waals surface area contributed by atoms with Crippen molar-refractivity contribution in [2.45, 2.75) is 0 Å². The van der Waals surface area contributed by atoms with Crippen molar-refractivity contribution in [3.8, 4) is 11.5 Å². The Balaban J connectivity index is 2.37. The molecule has 2 rings (SSSR count). The Morgan fingerprint density at radius 3 is 2.59 bits per heavy atom. The number of nitrogens with zero attached hydrogens (tertiary/aromatic N) is 1. The molecule has 0 spiro atoms. The lowest BCUT2D eigenvalue weighted by Crippen LogP contribution is -1.99. The highest BCUT2D eigenvalue weighted by molar-refractivity contribution is 6.30. The maximum absolute atomic E-state index is 11.0. The van der Waals surface area contributed by atoms with Crippen molar-refractivity contribution in [2.24, 2.45) is 0 Å². The highest BCUT2D eigenvalue weighted by Crippen LogP contribution is 2.28. The van der Waals surface area contributed by atoms with Gasteiger partial charge in [0.05, 0.1) is 0 Å². The second-order valence-electron chi connectivity index (χ2n) is 3.23. The minimum Gasteiger partial charge on any atom is -0.478 e. The maximum atomic E-state index is 11.0. The largest absolute Gasteiger partial charge is 0.478 e.